The van der Waals surface area contributed by atoms with E-state index in [1.165, 1.54) is 32.1 Å². The first-order valence-electron chi connectivity index (χ1n) is 5.79. The summed E-state index contributed by atoms with van der Waals surface area (Å²) in [5, 5.41) is 9.87. The minimum Gasteiger partial charge on any atom is -0.388 e. The van der Waals surface area contributed by atoms with E-state index in [-0.39, 0.29) is 0 Å². The Balaban J connectivity index is 2.33. The third-order valence-electron chi connectivity index (χ3n) is 2.95. The number of aliphatic hydroxyl groups is 1. The third-order valence-corrected chi connectivity index (χ3v) is 2.95. The maximum Gasteiger partial charge on any atom is 0.0867 e. The third kappa shape index (κ3) is 4.40. The van der Waals surface area contributed by atoms with Gasteiger partial charge in [0, 0.05) is 13.1 Å². The SMILES string of the molecule is CC(O)(CN)CN1CCCCCCC1. The van der Waals surface area contributed by atoms with Crippen molar-refractivity contribution in [3.63, 3.8) is 0 Å². The van der Waals surface area contributed by atoms with Crippen molar-refractivity contribution in [2.75, 3.05) is 26.2 Å². The zero-order valence-corrected chi connectivity index (χ0v) is 9.34. The molecule has 0 aliphatic carbocycles. The van der Waals surface area contributed by atoms with E-state index in [9.17, 15) is 5.11 Å². The molecular weight excluding hydrogens is 176 g/mol. The summed E-state index contributed by atoms with van der Waals surface area (Å²) in [6, 6.07) is 0. The van der Waals surface area contributed by atoms with Crippen LogP contribution in [0.2, 0.25) is 0 Å². The van der Waals surface area contributed by atoms with Gasteiger partial charge in [-0.25, -0.2) is 0 Å². The van der Waals surface area contributed by atoms with Crippen LogP contribution in [-0.4, -0.2) is 41.8 Å². The number of hydrogen-bond donors (Lipinski definition) is 2. The van der Waals surface area contributed by atoms with Crippen LogP contribution in [0.25, 0.3) is 0 Å². The molecule has 3 N–H and O–H groups in total. The Morgan fingerprint density at radius 1 is 1.14 bits per heavy atom. The molecule has 1 aliphatic rings. The normalized spacial score (nSPS) is 25.1. The van der Waals surface area contributed by atoms with Gasteiger partial charge in [-0.1, -0.05) is 19.3 Å². The summed E-state index contributed by atoms with van der Waals surface area (Å²) in [5.74, 6) is 0. The summed E-state index contributed by atoms with van der Waals surface area (Å²) < 4.78 is 0. The molecule has 1 saturated heterocycles. The standard InChI is InChI=1S/C11H24N2O/c1-11(14,9-12)10-13-7-5-3-2-4-6-8-13/h14H,2-10,12H2,1H3. The van der Waals surface area contributed by atoms with Crippen molar-refractivity contribution in [2.24, 2.45) is 5.73 Å². The molecule has 0 bridgehead atoms. The predicted molar refractivity (Wildman–Crippen MR) is 59.2 cm³/mol. The van der Waals surface area contributed by atoms with Gasteiger partial charge in [0.1, 0.15) is 0 Å². The molecule has 0 amide bonds. The lowest BCUT2D eigenvalue weighted by molar-refractivity contribution is 0.0251. The van der Waals surface area contributed by atoms with E-state index >= 15 is 0 Å². The maximum absolute atomic E-state index is 9.87. The Morgan fingerprint density at radius 2 is 1.64 bits per heavy atom. The number of nitrogens with zero attached hydrogens (tertiary/aromatic N) is 1. The molecule has 3 heteroatoms. The average Bonchev–Trinajstić information content (AvgIpc) is 2.10. The minimum absolute atomic E-state index is 0.351. The molecule has 3 nitrogen and oxygen atoms in total. The second-order valence-corrected chi connectivity index (χ2v) is 4.74. The predicted octanol–water partition coefficient (Wildman–Crippen LogP) is 0.962. The van der Waals surface area contributed by atoms with Crippen LogP contribution in [0, 0.1) is 0 Å². The largest absolute Gasteiger partial charge is 0.388 e. The first-order chi connectivity index (χ1) is 6.64. The molecule has 0 saturated carbocycles. The lowest BCUT2D eigenvalue weighted by atomic mass is 10.0. The summed E-state index contributed by atoms with van der Waals surface area (Å²) in [6.45, 7) is 5.14. The summed E-state index contributed by atoms with van der Waals surface area (Å²) in [7, 11) is 0. The van der Waals surface area contributed by atoms with Gasteiger partial charge >= 0.3 is 0 Å². The highest BCUT2D eigenvalue weighted by Crippen LogP contribution is 2.13. The number of likely N-dealkylation sites (tertiary alicyclic amines) is 1. The van der Waals surface area contributed by atoms with Gasteiger partial charge in [-0.2, -0.15) is 0 Å². The van der Waals surface area contributed by atoms with Gasteiger partial charge in [0.05, 0.1) is 5.60 Å². The molecule has 84 valence electrons. The van der Waals surface area contributed by atoms with E-state index in [2.05, 4.69) is 4.90 Å². The Labute approximate surface area is 87.3 Å². The zero-order valence-electron chi connectivity index (χ0n) is 9.34. The minimum atomic E-state index is -0.709. The average molecular weight is 200 g/mol. The Bertz CT molecular complexity index is 151. The first kappa shape index (κ1) is 12.0. The van der Waals surface area contributed by atoms with E-state index in [4.69, 9.17) is 5.73 Å². The zero-order chi connectivity index (χ0) is 10.4. The second-order valence-electron chi connectivity index (χ2n) is 4.74. The van der Waals surface area contributed by atoms with Crippen LogP contribution in [0.4, 0.5) is 0 Å². The van der Waals surface area contributed by atoms with Gasteiger partial charge in [-0.05, 0) is 32.9 Å². The summed E-state index contributed by atoms with van der Waals surface area (Å²) in [5.41, 5.74) is 4.81. The molecule has 1 fully saturated rings. The smallest absolute Gasteiger partial charge is 0.0867 e. The molecule has 0 spiro atoms. The Morgan fingerprint density at radius 3 is 2.14 bits per heavy atom. The topological polar surface area (TPSA) is 49.5 Å². The molecule has 14 heavy (non-hydrogen) atoms. The van der Waals surface area contributed by atoms with Gasteiger partial charge in [0.15, 0.2) is 0 Å². The van der Waals surface area contributed by atoms with Crippen LogP contribution in [0.1, 0.15) is 39.0 Å². The van der Waals surface area contributed by atoms with Crippen LogP contribution >= 0.6 is 0 Å². The highest BCUT2D eigenvalue weighted by molar-refractivity contribution is 4.78. The van der Waals surface area contributed by atoms with Crippen molar-refractivity contribution in [2.45, 2.75) is 44.6 Å². The summed E-state index contributed by atoms with van der Waals surface area (Å²) >= 11 is 0. The van der Waals surface area contributed by atoms with Crippen LogP contribution in [-0.2, 0) is 0 Å². The van der Waals surface area contributed by atoms with Gasteiger partial charge < -0.3 is 15.7 Å². The molecule has 1 rings (SSSR count). The van der Waals surface area contributed by atoms with Crippen LogP contribution in [0.15, 0.2) is 0 Å². The molecule has 1 atom stereocenters. The molecule has 0 aromatic heterocycles. The van der Waals surface area contributed by atoms with E-state index in [1.807, 2.05) is 6.92 Å². The second kappa shape index (κ2) is 5.69. The van der Waals surface area contributed by atoms with Crippen LogP contribution in [0.5, 0.6) is 0 Å². The Hall–Kier alpha value is -0.120. The van der Waals surface area contributed by atoms with Crippen molar-refractivity contribution in [3.8, 4) is 0 Å². The van der Waals surface area contributed by atoms with Gasteiger partial charge in [0.2, 0.25) is 0 Å². The van der Waals surface area contributed by atoms with E-state index in [0.29, 0.717) is 6.54 Å². The molecule has 0 aromatic carbocycles. The van der Waals surface area contributed by atoms with Gasteiger partial charge in [-0.3, -0.25) is 0 Å². The van der Waals surface area contributed by atoms with Crippen molar-refractivity contribution < 1.29 is 5.11 Å². The molecular formula is C11H24N2O. The highest BCUT2D eigenvalue weighted by Gasteiger charge is 2.22. The fraction of sp³-hybridized carbons (Fsp3) is 1.00. The Kier molecular flexibility index (Phi) is 4.85. The van der Waals surface area contributed by atoms with Crippen molar-refractivity contribution in [3.05, 3.63) is 0 Å². The molecule has 1 heterocycles. The first-order valence-corrected chi connectivity index (χ1v) is 5.79. The molecule has 1 unspecified atom stereocenters. The number of nitrogens with two attached hydrogens (primary N) is 1. The van der Waals surface area contributed by atoms with Crippen LogP contribution in [0.3, 0.4) is 0 Å². The quantitative estimate of drug-likeness (QED) is 0.713. The number of hydrogen-bond acceptors (Lipinski definition) is 3. The maximum atomic E-state index is 9.87. The summed E-state index contributed by atoms with van der Waals surface area (Å²) in [6.07, 6.45) is 6.57. The van der Waals surface area contributed by atoms with Crippen molar-refractivity contribution in [1.29, 1.82) is 0 Å². The monoisotopic (exact) mass is 200 g/mol. The van der Waals surface area contributed by atoms with Crippen LogP contribution < -0.4 is 5.73 Å². The number of β-amino-alcohol motifs (C(OH)–C–C–N with tert-alkyl or cyclic N) is 1. The van der Waals surface area contributed by atoms with Crippen molar-refractivity contribution in [1.82, 2.24) is 4.90 Å². The van der Waals surface area contributed by atoms with E-state index in [0.717, 1.165) is 19.6 Å². The van der Waals surface area contributed by atoms with Crippen molar-refractivity contribution >= 4 is 0 Å². The lowest BCUT2D eigenvalue weighted by Crippen LogP contribution is -2.46. The lowest BCUT2D eigenvalue weighted by Gasteiger charge is -2.31. The molecule has 0 radical (unpaired) electrons. The summed E-state index contributed by atoms with van der Waals surface area (Å²) in [4.78, 5) is 2.35. The van der Waals surface area contributed by atoms with E-state index in [1.54, 1.807) is 0 Å². The highest BCUT2D eigenvalue weighted by atomic mass is 16.3. The van der Waals surface area contributed by atoms with Gasteiger partial charge in [0.25, 0.3) is 0 Å². The fourth-order valence-corrected chi connectivity index (χ4v) is 2.02. The number of rotatable bonds is 3. The van der Waals surface area contributed by atoms with E-state index < -0.39 is 5.60 Å². The van der Waals surface area contributed by atoms with Gasteiger partial charge in [-0.15, -0.1) is 0 Å². The molecule has 0 aromatic rings. The fourth-order valence-electron chi connectivity index (χ4n) is 2.02. The molecule has 1 aliphatic heterocycles.